The first-order valence-corrected chi connectivity index (χ1v) is 7.01. The summed E-state index contributed by atoms with van der Waals surface area (Å²) in [7, 11) is 0. The third-order valence-corrected chi connectivity index (χ3v) is 3.02. The molecule has 5 nitrogen and oxygen atoms in total. The molecule has 0 fully saturated rings. The van der Waals surface area contributed by atoms with E-state index in [4.69, 9.17) is 21.1 Å². The van der Waals surface area contributed by atoms with Crippen LogP contribution in [0.15, 0.2) is 48.5 Å². The monoisotopic (exact) mass is 337 g/mol. The zero-order chi connectivity index (χ0) is 16.7. The van der Waals surface area contributed by atoms with E-state index in [0.717, 1.165) is 0 Å². The molecule has 0 saturated heterocycles. The summed E-state index contributed by atoms with van der Waals surface area (Å²) in [5.41, 5.74) is 0.415. The van der Waals surface area contributed by atoms with E-state index in [9.17, 15) is 14.0 Å². The van der Waals surface area contributed by atoms with E-state index in [1.54, 1.807) is 30.3 Å². The van der Waals surface area contributed by atoms with Crippen molar-refractivity contribution < 1.29 is 23.5 Å². The molecular weight excluding hydrogens is 325 g/mol. The highest BCUT2D eigenvalue weighted by Gasteiger charge is 2.11. The van der Waals surface area contributed by atoms with Crippen LogP contribution in [0.5, 0.6) is 5.75 Å². The maximum atomic E-state index is 13.3. The lowest BCUT2D eigenvalue weighted by Crippen LogP contribution is -2.23. The van der Waals surface area contributed by atoms with Gasteiger partial charge in [0, 0.05) is 0 Å². The Bertz CT molecular complexity index is 708. The number of hydrogen-bond donors (Lipinski definition) is 1. The van der Waals surface area contributed by atoms with Crippen molar-refractivity contribution in [2.24, 2.45) is 0 Å². The predicted octanol–water partition coefficient (Wildman–Crippen LogP) is 3.04. The van der Waals surface area contributed by atoms with Crippen LogP contribution in [0.3, 0.4) is 0 Å². The second-order valence-electron chi connectivity index (χ2n) is 4.41. The van der Waals surface area contributed by atoms with Crippen LogP contribution in [-0.4, -0.2) is 25.1 Å². The fourth-order valence-electron chi connectivity index (χ4n) is 1.64. The van der Waals surface area contributed by atoms with E-state index < -0.39 is 30.9 Å². The van der Waals surface area contributed by atoms with Crippen molar-refractivity contribution in [3.05, 3.63) is 59.4 Å². The van der Waals surface area contributed by atoms with E-state index in [0.29, 0.717) is 10.7 Å². The first-order valence-electron chi connectivity index (χ1n) is 6.63. The summed E-state index contributed by atoms with van der Waals surface area (Å²) in [6.07, 6.45) is 0. The zero-order valence-electron chi connectivity index (χ0n) is 11.9. The Morgan fingerprint density at radius 1 is 1.04 bits per heavy atom. The van der Waals surface area contributed by atoms with E-state index in [-0.39, 0.29) is 5.75 Å². The van der Waals surface area contributed by atoms with Gasteiger partial charge in [-0.15, -0.1) is 0 Å². The van der Waals surface area contributed by atoms with E-state index >= 15 is 0 Å². The largest absolute Gasteiger partial charge is 0.479 e. The first-order chi connectivity index (χ1) is 11.1. The number of anilines is 1. The molecule has 0 unspecified atom stereocenters. The van der Waals surface area contributed by atoms with Crippen LogP contribution in [0.2, 0.25) is 5.02 Å². The number of amides is 1. The maximum Gasteiger partial charge on any atom is 0.344 e. The zero-order valence-corrected chi connectivity index (χ0v) is 12.7. The summed E-state index contributed by atoms with van der Waals surface area (Å²) in [4.78, 5) is 23.1. The van der Waals surface area contributed by atoms with Gasteiger partial charge in [-0.3, -0.25) is 4.79 Å². The van der Waals surface area contributed by atoms with Crippen molar-refractivity contribution in [2.75, 3.05) is 18.5 Å². The van der Waals surface area contributed by atoms with Gasteiger partial charge in [0.2, 0.25) is 0 Å². The smallest absolute Gasteiger partial charge is 0.344 e. The number of rotatable bonds is 6. The predicted molar refractivity (Wildman–Crippen MR) is 82.9 cm³/mol. The summed E-state index contributed by atoms with van der Waals surface area (Å²) in [5.74, 6) is -1.98. The van der Waals surface area contributed by atoms with Crippen molar-refractivity contribution in [2.45, 2.75) is 0 Å². The Morgan fingerprint density at radius 3 is 2.48 bits per heavy atom. The van der Waals surface area contributed by atoms with Crippen LogP contribution in [0.1, 0.15) is 0 Å². The van der Waals surface area contributed by atoms with Gasteiger partial charge < -0.3 is 14.8 Å². The number of carbonyl (C=O) groups excluding carboxylic acids is 2. The average molecular weight is 338 g/mol. The van der Waals surface area contributed by atoms with Crippen molar-refractivity contribution in [3.8, 4) is 5.75 Å². The molecule has 0 bridgehead atoms. The van der Waals surface area contributed by atoms with Crippen LogP contribution in [0.25, 0.3) is 0 Å². The lowest BCUT2D eigenvalue weighted by Gasteiger charge is -2.09. The molecule has 0 aliphatic heterocycles. The number of hydrogen-bond acceptors (Lipinski definition) is 4. The van der Waals surface area contributed by atoms with Crippen LogP contribution < -0.4 is 10.1 Å². The number of esters is 1. The molecule has 0 aliphatic rings. The number of carbonyl (C=O) groups is 2. The van der Waals surface area contributed by atoms with Gasteiger partial charge in [0.15, 0.2) is 24.8 Å². The van der Waals surface area contributed by atoms with Crippen LogP contribution >= 0.6 is 11.6 Å². The number of halogens is 2. The molecule has 0 heterocycles. The minimum atomic E-state index is -0.789. The summed E-state index contributed by atoms with van der Waals surface area (Å²) in [6.45, 7) is -0.995. The summed E-state index contributed by atoms with van der Waals surface area (Å²) >= 11 is 5.89. The fraction of sp³-hybridized carbons (Fsp3) is 0.125. The Kier molecular flexibility index (Phi) is 5.94. The maximum absolute atomic E-state index is 13.3. The van der Waals surface area contributed by atoms with E-state index in [1.807, 2.05) is 0 Å². The molecule has 2 rings (SSSR count). The Labute approximate surface area is 137 Å². The number of nitrogens with one attached hydrogen (secondary N) is 1. The van der Waals surface area contributed by atoms with Gasteiger partial charge in [-0.25, -0.2) is 9.18 Å². The molecule has 2 aromatic carbocycles. The van der Waals surface area contributed by atoms with Gasteiger partial charge in [-0.2, -0.15) is 0 Å². The van der Waals surface area contributed by atoms with Gasteiger partial charge in [-0.05, 0) is 24.3 Å². The second-order valence-corrected chi connectivity index (χ2v) is 4.82. The van der Waals surface area contributed by atoms with Crippen molar-refractivity contribution in [1.82, 2.24) is 0 Å². The Hall–Kier alpha value is -2.60. The Balaban J connectivity index is 1.75. The molecular formula is C16H13ClFNO4. The third-order valence-electron chi connectivity index (χ3n) is 2.69. The molecule has 0 aromatic heterocycles. The van der Waals surface area contributed by atoms with Crippen molar-refractivity contribution in [3.63, 3.8) is 0 Å². The standard InChI is InChI=1S/C16H13ClFNO4/c17-11-5-1-3-7-13(11)19-15(20)9-23-16(21)10-22-14-8-4-2-6-12(14)18/h1-8H,9-10H2,(H,19,20). The molecule has 0 atom stereocenters. The molecule has 0 spiro atoms. The first kappa shape index (κ1) is 16.8. The third kappa shape index (κ3) is 5.27. The number of para-hydroxylation sites is 2. The molecule has 0 aliphatic carbocycles. The molecule has 7 heteroatoms. The highest BCUT2D eigenvalue weighted by molar-refractivity contribution is 6.33. The van der Waals surface area contributed by atoms with E-state index in [1.165, 1.54) is 18.2 Å². The summed E-state index contributed by atoms with van der Waals surface area (Å²) in [5, 5.41) is 2.87. The van der Waals surface area contributed by atoms with Gasteiger partial charge in [0.25, 0.3) is 5.91 Å². The van der Waals surface area contributed by atoms with Gasteiger partial charge >= 0.3 is 5.97 Å². The lowest BCUT2D eigenvalue weighted by atomic mass is 10.3. The molecule has 2 aromatic rings. The lowest BCUT2D eigenvalue weighted by molar-refractivity contribution is -0.149. The number of benzene rings is 2. The molecule has 1 amide bonds. The van der Waals surface area contributed by atoms with Crippen LogP contribution in [0, 0.1) is 5.82 Å². The van der Waals surface area contributed by atoms with Crippen molar-refractivity contribution in [1.29, 1.82) is 0 Å². The highest BCUT2D eigenvalue weighted by Crippen LogP contribution is 2.20. The van der Waals surface area contributed by atoms with Gasteiger partial charge in [-0.1, -0.05) is 35.9 Å². The SMILES string of the molecule is O=C(COC(=O)COc1ccccc1F)Nc1ccccc1Cl. The number of ether oxygens (including phenoxy) is 2. The topological polar surface area (TPSA) is 64.6 Å². The van der Waals surface area contributed by atoms with E-state index in [2.05, 4.69) is 5.32 Å². The second kappa shape index (κ2) is 8.14. The van der Waals surface area contributed by atoms with Crippen molar-refractivity contribution >= 4 is 29.2 Å². The molecule has 0 radical (unpaired) electrons. The molecule has 120 valence electrons. The fourth-order valence-corrected chi connectivity index (χ4v) is 1.82. The quantitative estimate of drug-likeness (QED) is 0.823. The minimum absolute atomic E-state index is 0.0648. The molecule has 0 saturated carbocycles. The Morgan fingerprint density at radius 2 is 1.74 bits per heavy atom. The molecule has 1 N–H and O–H groups in total. The molecule has 23 heavy (non-hydrogen) atoms. The summed E-state index contributed by atoms with van der Waals surface area (Å²) in [6, 6.07) is 12.3. The van der Waals surface area contributed by atoms with Gasteiger partial charge in [0.1, 0.15) is 0 Å². The average Bonchev–Trinajstić information content (AvgIpc) is 2.54. The minimum Gasteiger partial charge on any atom is -0.479 e. The van der Waals surface area contributed by atoms with Crippen LogP contribution in [0.4, 0.5) is 10.1 Å². The summed E-state index contributed by atoms with van der Waals surface area (Å²) < 4.78 is 23.0. The normalized spacial score (nSPS) is 10.0. The van der Waals surface area contributed by atoms with Crippen LogP contribution in [-0.2, 0) is 14.3 Å². The highest BCUT2D eigenvalue weighted by atomic mass is 35.5. The van der Waals surface area contributed by atoms with Gasteiger partial charge in [0.05, 0.1) is 10.7 Å².